The Kier molecular flexibility index (Phi) is 3.59. The lowest BCUT2D eigenvalue weighted by Crippen LogP contribution is -2.13. The van der Waals surface area contributed by atoms with Crippen LogP contribution in [0.15, 0.2) is 42.5 Å². The van der Waals surface area contributed by atoms with Gasteiger partial charge in [-0.25, -0.2) is 0 Å². The molecule has 0 aliphatic carbocycles. The summed E-state index contributed by atoms with van der Waals surface area (Å²) in [7, 11) is 1.63. The average molecular weight is 294 g/mol. The first-order valence-corrected chi connectivity index (χ1v) is 7.13. The molecule has 22 heavy (non-hydrogen) atoms. The highest BCUT2D eigenvalue weighted by molar-refractivity contribution is 6.06. The van der Waals surface area contributed by atoms with E-state index in [0.717, 1.165) is 33.5 Å². The summed E-state index contributed by atoms with van der Waals surface area (Å²) in [5.74, 6) is 0.622. The molecule has 1 heterocycles. The van der Waals surface area contributed by atoms with E-state index in [1.54, 1.807) is 7.11 Å². The second-order valence-corrected chi connectivity index (χ2v) is 5.34. The first-order chi connectivity index (χ1) is 10.6. The summed E-state index contributed by atoms with van der Waals surface area (Å²) >= 11 is 0. The molecule has 0 bridgehead atoms. The van der Waals surface area contributed by atoms with Crippen LogP contribution in [0.25, 0.3) is 10.9 Å². The lowest BCUT2D eigenvalue weighted by molar-refractivity contribution is 0.102. The van der Waals surface area contributed by atoms with E-state index < -0.39 is 0 Å². The Hall–Kier alpha value is -2.75. The van der Waals surface area contributed by atoms with Gasteiger partial charge in [0.2, 0.25) is 0 Å². The van der Waals surface area contributed by atoms with Crippen LogP contribution < -0.4 is 10.1 Å². The zero-order valence-electron chi connectivity index (χ0n) is 12.9. The van der Waals surface area contributed by atoms with Crippen molar-refractivity contribution in [3.8, 4) is 5.75 Å². The predicted octanol–water partition coefficient (Wildman–Crippen LogP) is 4.05. The largest absolute Gasteiger partial charge is 0.497 e. The lowest BCUT2D eigenvalue weighted by Gasteiger charge is -2.09. The van der Waals surface area contributed by atoms with E-state index in [1.165, 1.54) is 0 Å². The zero-order chi connectivity index (χ0) is 15.7. The zero-order valence-corrected chi connectivity index (χ0v) is 12.9. The molecule has 3 aromatic rings. The molecule has 0 fully saturated rings. The molecule has 1 aromatic heterocycles. The van der Waals surface area contributed by atoms with Crippen molar-refractivity contribution in [3.05, 3.63) is 59.3 Å². The van der Waals surface area contributed by atoms with Crippen molar-refractivity contribution in [3.63, 3.8) is 0 Å². The molecule has 0 radical (unpaired) electrons. The lowest BCUT2D eigenvalue weighted by atomic mass is 10.1. The number of rotatable bonds is 3. The van der Waals surface area contributed by atoms with Crippen LogP contribution in [0.5, 0.6) is 5.75 Å². The topological polar surface area (TPSA) is 54.1 Å². The highest BCUT2D eigenvalue weighted by atomic mass is 16.5. The Morgan fingerprint density at radius 1 is 1.14 bits per heavy atom. The number of ether oxygens (including phenoxy) is 1. The first-order valence-electron chi connectivity index (χ1n) is 7.13. The number of methoxy groups -OCH3 is 1. The molecule has 1 amide bonds. The number of nitrogens with one attached hydrogen (secondary N) is 2. The molecule has 2 N–H and O–H groups in total. The minimum Gasteiger partial charge on any atom is -0.497 e. The first kappa shape index (κ1) is 14.2. The van der Waals surface area contributed by atoms with E-state index in [9.17, 15) is 4.79 Å². The number of benzene rings is 2. The Balaban J connectivity index is 1.90. The number of hydrogen-bond donors (Lipinski definition) is 2. The fourth-order valence-corrected chi connectivity index (χ4v) is 2.44. The van der Waals surface area contributed by atoms with Crippen LogP contribution in [0.4, 0.5) is 5.69 Å². The van der Waals surface area contributed by atoms with Crippen molar-refractivity contribution in [2.24, 2.45) is 0 Å². The van der Waals surface area contributed by atoms with E-state index >= 15 is 0 Å². The van der Waals surface area contributed by atoms with Gasteiger partial charge in [-0.1, -0.05) is 12.1 Å². The highest BCUT2D eigenvalue weighted by Gasteiger charge is 2.12. The normalized spacial score (nSPS) is 10.7. The van der Waals surface area contributed by atoms with Crippen LogP contribution in [0.2, 0.25) is 0 Å². The van der Waals surface area contributed by atoms with E-state index in [2.05, 4.69) is 10.3 Å². The standard InChI is InChI=1S/C18H18N2O2/c1-11-5-4-6-15(12(11)2)20-18(21)17-10-13-9-14(22-3)7-8-16(13)19-17/h4-10,19H,1-3H3,(H,20,21). The van der Waals surface area contributed by atoms with Crippen LogP contribution in [0, 0.1) is 13.8 Å². The van der Waals surface area contributed by atoms with Crippen LogP contribution >= 0.6 is 0 Å². The third-order valence-corrected chi connectivity index (χ3v) is 3.93. The van der Waals surface area contributed by atoms with E-state index in [1.807, 2.05) is 56.3 Å². The minimum absolute atomic E-state index is 0.149. The number of aryl methyl sites for hydroxylation is 1. The number of carbonyl (C=O) groups is 1. The second kappa shape index (κ2) is 5.56. The smallest absolute Gasteiger partial charge is 0.272 e. The number of fused-ring (bicyclic) bond motifs is 1. The SMILES string of the molecule is COc1ccc2[nH]c(C(=O)Nc3cccc(C)c3C)cc2c1. The third kappa shape index (κ3) is 2.55. The molecule has 4 heteroatoms. The van der Waals surface area contributed by atoms with Gasteiger partial charge < -0.3 is 15.0 Å². The molecule has 0 aliphatic rings. The summed E-state index contributed by atoms with van der Waals surface area (Å²) in [6.07, 6.45) is 0. The number of carbonyl (C=O) groups excluding carboxylic acids is 1. The number of H-pyrrole nitrogens is 1. The number of amides is 1. The Morgan fingerprint density at radius 3 is 2.73 bits per heavy atom. The maximum Gasteiger partial charge on any atom is 0.272 e. The Bertz CT molecular complexity index is 849. The Labute approximate surface area is 129 Å². The average Bonchev–Trinajstić information content (AvgIpc) is 2.94. The molecule has 4 nitrogen and oxygen atoms in total. The fourth-order valence-electron chi connectivity index (χ4n) is 2.44. The predicted molar refractivity (Wildman–Crippen MR) is 88.7 cm³/mol. The molecule has 0 saturated carbocycles. The van der Waals surface area contributed by atoms with Crippen LogP contribution in [-0.4, -0.2) is 18.0 Å². The molecule has 112 valence electrons. The van der Waals surface area contributed by atoms with Gasteiger partial charge in [-0.3, -0.25) is 4.79 Å². The molecule has 0 unspecified atom stereocenters. The maximum atomic E-state index is 12.4. The summed E-state index contributed by atoms with van der Waals surface area (Å²) in [5, 5.41) is 3.90. The van der Waals surface area contributed by atoms with Gasteiger partial charge in [-0.15, -0.1) is 0 Å². The number of aromatic nitrogens is 1. The summed E-state index contributed by atoms with van der Waals surface area (Å²) in [6.45, 7) is 4.03. The van der Waals surface area contributed by atoms with E-state index in [4.69, 9.17) is 4.74 Å². The quantitative estimate of drug-likeness (QED) is 0.765. The molecule has 3 rings (SSSR count). The molecule has 0 atom stereocenters. The summed E-state index contributed by atoms with van der Waals surface area (Å²) in [6, 6.07) is 13.4. The van der Waals surface area contributed by atoms with Crippen LogP contribution in [0.3, 0.4) is 0 Å². The number of aromatic amines is 1. The van der Waals surface area contributed by atoms with Gasteiger partial charge in [-0.05, 0) is 55.3 Å². The highest BCUT2D eigenvalue weighted by Crippen LogP contribution is 2.23. The molecule has 2 aromatic carbocycles. The minimum atomic E-state index is -0.149. The molecular weight excluding hydrogens is 276 g/mol. The monoisotopic (exact) mass is 294 g/mol. The van der Waals surface area contributed by atoms with Crippen LogP contribution in [-0.2, 0) is 0 Å². The van der Waals surface area contributed by atoms with Gasteiger partial charge in [0.1, 0.15) is 11.4 Å². The van der Waals surface area contributed by atoms with Crippen molar-refractivity contribution < 1.29 is 9.53 Å². The summed E-state index contributed by atoms with van der Waals surface area (Å²) < 4.78 is 5.20. The molecular formula is C18H18N2O2. The van der Waals surface area contributed by atoms with E-state index in [0.29, 0.717) is 5.69 Å². The van der Waals surface area contributed by atoms with Crippen molar-refractivity contribution in [1.29, 1.82) is 0 Å². The molecule has 0 saturated heterocycles. The van der Waals surface area contributed by atoms with Gasteiger partial charge in [-0.2, -0.15) is 0 Å². The number of anilines is 1. The second-order valence-electron chi connectivity index (χ2n) is 5.34. The van der Waals surface area contributed by atoms with Crippen molar-refractivity contribution in [2.75, 3.05) is 12.4 Å². The van der Waals surface area contributed by atoms with Gasteiger partial charge in [0, 0.05) is 16.6 Å². The van der Waals surface area contributed by atoms with Gasteiger partial charge in [0.25, 0.3) is 5.91 Å². The van der Waals surface area contributed by atoms with Gasteiger partial charge >= 0.3 is 0 Å². The number of hydrogen-bond acceptors (Lipinski definition) is 2. The van der Waals surface area contributed by atoms with Crippen molar-refractivity contribution >= 4 is 22.5 Å². The third-order valence-electron chi connectivity index (χ3n) is 3.93. The summed E-state index contributed by atoms with van der Waals surface area (Å²) in [5.41, 5.74) is 4.50. The van der Waals surface area contributed by atoms with Crippen molar-refractivity contribution in [1.82, 2.24) is 4.98 Å². The van der Waals surface area contributed by atoms with Gasteiger partial charge in [0.05, 0.1) is 7.11 Å². The van der Waals surface area contributed by atoms with E-state index in [-0.39, 0.29) is 5.91 Å². The van der Waals surface area contributed by atoms with Crippen LogP contribution in [0.1, 0.15) is 21.6 Å². The van der Waals surface area contributed by atoms with Crippen molar-refractivity contribution in [2.45, 2.75) is 13.8 Å². The Morgan fingerprint density at radius 2 is 1.95 bits per heavy atom. The molecule has 0 spiro atoms. The molecule has 0 aliphatic heterocycles. The summed E-state index contributed by atoms with van der Waals surface area (Å²) in [4.78, 5) is 15.6. The fraction of sp³-hybridized carbons (Fsp3) is 0.167. The maximum absolute atomic E-state index is 12.4. The van der Waals surface area contributed by atoms with Gasteiger partial charge in [0.15, 0.2) is 0 Å².